The van der Waals surface area contributed by atoms with Gasteiger partial charge in [0, 0.05) is 6.20 Å². The SMILES string of the molecule is c1ccc(COc2ncccc2C[P+](c2ccccc2)(c2ccccc2)c2ccccc2)cc1. The van der Waals surface area contributed by atoms with Gasteiger partial charge in [0.25, 0.3) is 0 Å². The first-order valence-electron chi connectivity index (χ1n) is 11.5. The molecule has 1 heterocycles. The van der Waals surface area contributed by atoms with Gasteiger partial charge < -0.3 is 4.74 Å². The number of aromatic nitrogens is 1. The van der Waals surface area contributed by atoms with E-state index in [0.29, 0.717) is 12.5 Å². The summed E-state index contributed by atoms with van der Waals surface area (Å²) in [6, 6.07) is 47.2. The first-order valence-corrected chi connectivity index (χ1v) is 13.5. The van der Waals surface area contributed by atoms with Crippen LogP contribution in [0.25, 0.3) is 0 Å². The lowest BCUT2D eigenvalue weighted by molar-refractivity contribution is 0.291. The van der Waals surface area contributed by atoms with E-state index in [-0.39, 0.29) is 0 Å². The van der Waals surface area contributed by atoms with Crippen molar-refractivity contribution in [2.45, 2.75) is 12.8 Å². The van der Waals surface area contributed by atoms with Crippen molar-refractivity contribution in [3.05, 3.63) is 151 Å². The van der Waals surface area contributed by atoms with Gasteiger partial charge in [-0.2, -0.15) is 0 Å². The molecule has 166 valence electrons. The molecule has 0 fully saturated rings. The normalized spacial score (nSPS) is 11.2. The second-order valence-corrected chi connectivity index (χ2v) is 11.7. The van der Waals surface area contributed by atoms with Gasteiger partial charge in [0.2, 0.25) is 5.88 Å². The average Bonchev–Trinajstić information content (AvgIpc) is 2.93. The molecule has 0 aliphatic carbocycles. The third kappa shape index (κ3) is 4.64. The molecular formula is C31H27NOP+. The van der Waals surface area contributed by atoms with Crippen LogP contribution in [0.3, 0.4) is 0 Å². The highest BCUT2D eigenvalue weighted by atomic mass is 31.2. The predicted octanol–water partition coefficient (Wildman–Crippen LogP) is 6.15. The van der Waals surface area contributed by atoms with Crippen LogP contribution >= 0.6 is 7.26 Å². The smallest absolute Gasteiger partial charge is 0.220 e. The zero-order valence-corrected chi connectivity index (χ0v) is 19.9. The standard InChI is InChI=1S/C31H27NOP/c1-5-14-26(15-6-1)24-33-31-27(16-13-23-32-31)25-34(28-17-7-2-8-18-28,29-19-9-3-10-20-29)30-21-11-4-12-22-30/h1-23H,24-25H2/q+1. The Balaban J connectivity index is 1.63. The Hall–Kier alpha value is -3.74. The third-order valence-corrected chi connectivity index (χ3v) is 10.4. The van der Waals surface area contributed by atoms with Crippen molar-refractivity contribution in [2.24, 2.45) is 0 Å². The van der Waals surface area contributed by atoms with Gasteiger partial charge in [-0.15, -0.1) is 0 Å². The number of ether oxygens (including phenoxy) is 1. The highest BCUT2D eigenvalue weighted by Gasteiger charge is 2.46. The van der Waals surface area contributed by atoms with Gasteiger partial charge >= 0.3 is 0 Å². The number of pyridine rings is 1. The largest absolute Gasteiger partial charge is 0.472 e. The lowest BCUT2D eigenvalue weighted by atomic mass is 10.2. The molecule has 34 heavy (non-hydrogen) atoms. The summed E-state index contributed by atoms with van der Waals surface area (Å²) in [5.74, 6) is 0.707. The zero-order chi connectivity index (χ0) is 23.1. The van der Waals surface area contributed by atoms with Crippen LogP contribution in [0, 0.1) is 0 Å². The minimum atomic E-state index is -2.02. The van der Waals surface area contributed by atoms with Crippen molar-refractivity contribution < 1.29 is 4.74 Å². The van der Waals surface area contributed by atoms with Crippen molar-refractivity contribution in [3.8, 4) is 5.88 Å². The van der Waals surface area contributed by atoms with Crippen molar-refractivity contribution >= 4 is 23.2 Å². The molecule has 5 aromatic rings. The van der Waals surface area contributed by atoms with Crippen LogP contribution in [0.15, 0.2) is 140 Å². The van der Waals surface area contributed by atoms with Crippen molar-refractivity contribution in [2.75, 3.05) is 0 Å². The van der Waals surface area contributed by atoms with E-state index < -0.39 is 7.26 Å². The monoisotopic (exact) mass is 460 g/mol. The molecule has 0 bridgehead atoms. The van der Waals surface area contributed by atoms with E-state index in [1.807, 2.05) is 30.5 Å². The molecule has 0 saturated carbocycles. The predicted molar refractivity (Wildman–Crippen MR) is 144 cm³/mol. The van der Waals surface area contributed by atoms with Gasteiger partial charge in [-0.25, -0.2) is 4.98 Å². The number of rotatable bonds is 8. The topological polar surface area (TPSA) is 22.1 Å². The van der Waals surface area contributed by atoms with E-state index in [1.165, 1.54) is 15.9 Å². The van der Waals surface area contributed by atoms with Crippen molar-refractivity contribution in [1.82, 2.24) is 4.98 Å². The van der Waals surface area contributed by atoms with E-state index in [9.17, 15) is 0 Å². The lowest BCUT2D eigenvalue weighted by Crippen LogP contribution is -2.32. The van der Waals surface area contributed by atoms with Gasteiger partial charge in [0.1, 0.15) is 35.9 Å². The third-order valence-electron chi connectivity index (χ3n) is 6.07. The van der Waals surface area contributed by atoms with E-state index >= 15 is 0 Å². The van der Waals surface area contributed by atoms with Crippen LogP contribution in [0.5, 0.6) is 5.88 Å². The number of nitrogens with zero attached hydrogens (tertiary/aromatic N) is 1. The summed E-state index contributed by atoms with van der Waals surface area (Å²) in [5, 5.41) is 4.06. The van der Waals surface area contributed by atoms with Crippen LogP contribution < -0.4 is 20.7 Å². The summed E-state index contributed by atoms with van der Waals surface area (Å²) in [6.07, 6.45) is 2.65. The number of hydrogen-bond acceptors (Lipinski definition) is 2. The Morgan fingerprint density at radius 2 is 1.00 bits per heavy atom. The minimum absolute atomic E-state index is 0.498. The van der Waals surface area contributed by atoms with E-state index in [4.69, 9.17) is 4.74 Å². The second-order valence-electron chi connectivity index (χ2n) is 8.22. The van der Waals surface area contributed by atoms with Crippen molar-refractivity contribution in [3.63, 3.8) is 0 Å². The molecule has 0 aliphatic heterocycles. The van der Waals surface area contributed by atoms with Crippen LogP contribution in [-0.2, 0) is 12.8 Å². The van der Waals surface area contributed by atoms with Crippen LogP contribution in [0.2, 0.25) is 0 Å². The fraction of sp³-hybridized carbons (Fsp3) is 0.0645. The van der Waals surface area contributed by atoms with Crippen LogP contribution in [-0.4, -0.2) is 4.98 Å². The summed E-state index contributed by atoms with van der Waals surface area (Å²) in [4.78, 5) is 4.65. The second kappa shape index (κ2) is 10.5. The molecule has 5 rings (SSSR count). The Morgan fingerprint density at radius 1 is 0.529 bits per heavy atom. The Labute approximate surface area is 202 Å². The number of benzene rings is 4. The molecule has 0 saturated heterocycles. The molecular weight excluding hydrogens is 433 g/mol. The maximum Gasteiger partial charge on any atom is 0.220 e. The molecule has 0 amide bonds. The highest BCUT2D eigenvalue weighted by Crippen LogP contribution is 2.58. The van der Waals surface area contributed by atoms with Gasteiger partial charge in [-0.05, 0) is 54.1 Å². The molecule has 0 spiro atoms. The molecule has 0 unspecified atom stereocenters. The number of hydrogen-bond donors (Lipinski definition) is 0. The molecule has 0 N–H and O–H groups in total. The Morgan fingerprint density at radius 3 is 1.50 bits per heavy atom. The molecule has 0 aliphatic rings. The molecule has 1 aromatic heterocycles. The summed E-state index contributed by atoms with van der Waals surface area (Å²) in [5.41, 5.74) is 2.26. The molecule has 0 atom stereocenters. The minimum Gasteiger partial charge on any atom is -0.472 e. The van der Waals surface area contributed by atoms with E-state index in [0.717, 1.165) is 17.3 Å². The highest BCUT2D eigenvalue weighted by molar-refractivity contribution is 7.95. The van der Waals surface area contributed by atoms with E-state index in [1.54, 1.807) is 0 Å². The van der Waals surface area contributed by atoms with Gasteiger partial charge in [-0.3, -0.25) is 0 Å². The average molecular weight is 461 g/mol. The van der Waals surface area contributed by atoms with Crippen molar-refractivity contribution in [1.29, 1.82) is 0 Å². The fourth-order valence-corrected chi connectivity index (χ4v) is 8.66. The summed E-state index contributed by atoms with van der Waals surface area (Å²) in [6.45, 7) is 0.498. The molecule has 3 heteroatoms. The Kier molecular flexibility index (Phi) is 6.79. The first-order chi connectivity index (χ1) is 16.9. The van der Waals surface area contributed by atoms with E-state index in [2.05, 4.69) is 114 Å². The summed E-state index contributed by atoms with van der Waals surface area (Å²) >= 11 is 0. The molecule has 4 aromatic carbocycles. The van der Waals surface area contributed by atoms with Crippen LogP contribution in [0.1, 0.15) is 11.1 Å². The van der Waals surface area contributed by atoms with Gasteiger partial charge in [-0.1, -0.05) is 84.9 Å². The quantitative estimate of drug-likeness (QED) is 0.259. The fourth-order valence-electron chi connectivity index (χ4n) is 4.42. The molecule has 2 nitrogen and oxygen atoms in total. The summed E-state index contributed by atoms with van der Waals surface area (Å²) in [7, 11) is -2.02. The Bertz CT molecular complexity index is 1210. The lowest BCUT2D eigenvalue weighted by Gasteiger charge is -2.28. The maximum atomic E-state index is 6.28. The molecule has 0 radical (unpaired) electrons. The van der Waals surface area contributed by atoms with Crippen LogP contribution in [0.4, 0.5) is 0 Å². The van der Waals surface area contributed by atoms with Gasteiger partial charge in [0.15, 0.2) is 0 Å². The van der Waals surface area contributed by atoms with Gasteiger partial charge in [0.05, 0.1) is 5.56 Å². The maximum absolute atomic E-state index is 6.28. The summed E-state index contributed by atoms with van der Waals surface area (Å²) < 4.78 is 6.28. The first kappa shape index (κ1) is 22.1. The zero-order valence-electron chi connectivity index (χ0n) is 19.0.